The van der Waals surface area contributed by atoms with Gasteiger partial charge in [0.15, 0.2) is 0 Å². The van der Waals surface area contributed by atoms with Crippen molar-refractivity contribution in [2.24, 2.45) is 0 Å². The average Bonchev–Trinajstić information content (AvgIpc) is 2.86. The number of hydrogen-bond acceptors (Lipinski definition) is 4. The van der Waals surface area contributed by atoms with E-state index in [0.29, 0.717) is 0 Å². The van der Waals surface area contributed by atoms with E-state index in [9.17, 15) is 8.42 Å². The van der Waals surface area contributed by atoms with Gasteiger partial charge in [-0.2, -0.15) is 0 Å². The Kier molecular flexibility index (Phi) is 4.85. The largest absolute Gasteiger partial charge is 0.378 e. The van der Waals surface area contributed by atoms with Crippen LogP contribution in [-0.4, -0.2) is 15.5 Å². The molecular weight excluding hydrogens is 360 g/mol. The molecule has 20 heavy (non-hydrogen) atoms. The van der Waals surface area contributed by atoms with Crippen molar-refractivity contribution >= 4 is 43.0 Å². The van der Waals surface area contributed by atoms with E-state index in [0.717, 1.165) is 10.2 Å². The summed E-state index contributed by atoms with van der Waals surface area (Å²) in [6.07, 6.45) is 0. The maximum Gasteiger partial charge on any atom is 0.240 e. The lowest BCUT2D eigenvalue weighted by atomic mass is 10.2. The van der Waals surface area contributed by atoms with E-state index in [1.807, 2.05) is 18.4 Å². The van der Waals surface area contributed by atoms with Crippen molar-refractivity contribution in [2.75, 3.05) is 12.4 Å². The SMILES string of the molecule is CNS(=O)(=O)c1cccc(NC(C)c2cc(Br)cs2)c1. The summed E-state index contributed by atoms with van der Waals surface area (Å²) >= 11 is 5.08. The molecule has 0 spiro atoms. The van der Waals surface area contributed by atoms with Crippen LogP contribution in [0.1, 0.15) is 17.8 Å². The van der Waals surface area contributed by atoms with E-state index in [-0.39, 0.29) is 10.9 Å². The van der Waals surface area contributed by atoms with Crippen LogP contribution in [0.3, 0.4) is 0 Å². The summed E-state index contributed by atoms with van der Waals surface area (Å²) in [4.78, 5) is 1.43. The van der Waals surface area contributed by atoms with Gasteiger partial charge in [-0.3, -0.25) is 0 Å². The number of hydrogen-bond donors (Lipinski definition) is 2. The Labute approximate surface area is 131 Å². The van der Waals surface area contributed by atoms with Crippen molar-refractivity contribution in [1.29, 1.82) is 0 Å². The standard InChI is InChI=1S/C13H15BrN2O2S2/c1-9(13-6-10(14)8-19-13)16-11-4-3-5-12(7-11)20(17,18)15-2/h3-9,15-16H,1-2H3. The van der Waals surface area contributed by atoms with Crippen molar-refractivity contribution in [3.8, 4) is 0 Å². The number of nitrogens with one attached hydrogen (secondary N) is 2. The number of rotatable bonds is 5. The molecule has 1 atom stereocenters. The van der Waals surface area contributed by atoms with Crippen LogP contribution in [0, 0.1) is 0 Å². The molecule has 1 heterocycles. The minimum atomic E-state index is -3.41. The van der Waals surface area contributed by atoms with Crippen LogP contribution >= 0.6 is 27.3 Å². The molecule has 1 unspecified atom stereocenters. The fraction of sp³-hybridized carbons (Fsp3) is 0.231. The Hall–Kier alpha value is -0.890. The van der Waals surface area contributed by atoms with Crippen LogP contribution in [0.2, 0.25) is 0 Å². The van der Waals surface area contributed by atoms with Gasteiger partial charge in [-0.05, 0) is 54.2 Å². The lowest BCUT2D eigenvalue weighted by Gasteiger charge is -2.14. The highest BCUT2D eigenvalue weighted by Crippen LogP contribution is 2.28. The Morgan fingerprint density at radius 3 is 2.65 bits per heavy atom. The predicted octanol–water partition coefficient (Wildman–Crippen LogP) is 3.59. The molecule has 2 aromatic rings. The van der Waals surface area contributed by atoms with Crippen molar-refractivity contribution in [2.45, 2.75) is 17.9 Å². The van der Waals surface area contributed by atoms with Gasteiger partial charge in [0, 0.05) is 20.4 Å². The molecule has 0 aliphatic carbocycles. The third kappa shape index (κ3) is 3.60. The quantitative estimate of drug-likeness (QED) is 0.840. The van der Waals surface area contributed by atoms with Gasteiger partial charge in [-0.25, -0.2) is 13.1 Å². The monoisotopic (exact) mass is 374 g/mol. The first-order chi connectivity index (χ1) is 9.42. The van der Waals surface area contributed by atoms with Crippen molar-refractivity contribution in [3.63, 3.8) is 0 Å². The predicted molar refractivity (Wildman–Crippen MR) is 86.7 cm³/mol. The zero-order chi connectivity index (χ0) is 14.8. The molecule has 7 heteroatoms. The lowest BCUT2D eigenvalue weighted by molar-refractivity contribution is 0.588. The molecule has 2 N–H and O–H groups in total. The van der Waals surface area contributed by atoms with E-state index in [1.165, 1.54) is 11.9 Å². The van der Waals surface area contributed by atoms with E-state index < -0.39 is 10.0 Å². The Morgan fingerprint density at radius 1 is 1.30 bits per heavy atom. The molecule has 0 aliphatic rings. The second-order valence-corrected chi connectivity index (χ2v) is 8.01. The van der Waals surface area contributed by atoms with Crippen LogP contribution in [0.25, 0.3) is 0 Å². The first-order valence-corrected chi connectivity index (χ1v) is 9.12. The zero-order valence-corrected chi connectivity index (χ0v) is 14.3. The zero-order valence-electron chi connectivity index (χ0n) is 11.1. The first kappa shape index (κ1) is 15.5. The van der Waals surface area contributed by atoms with Gasteiger partial charge in [0.1, 0.15) is 0 Å². The number of sulfonamides is 1. The molecule has 108 valence electrons. The van der Waals surface area contributed by atoms with Crippen LogP contribution in [0.4, 0.5) is 5.69 Å². The molecule has 0 saturated carbocycles. The second kappa shape index (κ2) is 6.26. The Balaban J connectivity index is 2.20. The third-order valence-electron chi connectivity index (χ3n) is 2.81. The van der Waals surface area contributed by atoms with Crippen LogP contribution in [0.5, 0.6) is 0 Å². The summed E-state index contributed by atoms with van der Waals surface area (Å²) in [6, 6.07) is 8.95. The fourth-order valence-electron chi connectivity index (χ4n) is 1.75. The highest BCUT2D eigenvalue weighted by Gasteiger charge is 2.13. The molecule has 4 nitrogen and oxygen atoms in total. The van der Waals surface area contributed by atoms with E-state index in [2.05, 4.69) is 32.0 Å². The van der Waals surface area contributed by atoms with E-state index >= 15 is 0 Å². The smallest absolute Gasteiger partial charge is 0.240 e. The number of thiophene rings is 1. The summed E-state index contributed by atoms with van der Waals surface area (Å²) in [6.45, 7) is 2.04. The maximum atomic E-state index is 11.8. The highest BCUT2D eigenvalue weighted by atomic mass is 79.9. The van der Waals surface area contributed by atoms with Crippen molar-refractivity contribution in [3.05, 3.63) is 45.1 Å². The molecule has 1 aromatic heterocycles. The first-order valence-electron chi connectivity index (χ1n) is 5.96. The summed E-state index contributed by atoms with van der Waals surface area (Å²) in [7, 11) is -2.01. The second-order valence-electron chi connectivity index (χ2n) is 4.27. The molecule has 0 amide bonds. The van der Waals surface area contributed by atoms with Gasteiger partial charge >= 0.3 is 0 Å². The molecule has 2 rings (SSSR count). The minimum Gasteiger partial charge on any atom is -0.378 e. The Bertz CT molecular complexity index is 698. The van der Waals surface area contributed by atoms with Gasteiger partial charge in [0.25, 0.3) is 0 Å². The van der Waals surface area contributed by atoms with Crippen molar-refractivity contribution in [1.82, 2.24) is 4.72 Å². The molecule has 1 aromatic carbocycles. The molecule has 0 saturated heterocycles. The summed E-state index contributed by atoms with van der Waals surface area (Å²) in [5.41, 5.74) is 0.776. The normalized spacial score (nSPS) is 13.2. The topological polar surface area (TPSA) is 58.2 Å². The van der Waals surface area contributed by atoms with Gasteiger partial charge < -0.3 is 5.32 Å². The van der Waals surface area contributed by atoms with Gasteiger partial charge in [0.2, 0.25) is 10.0 Å². The van der Waals surface area contributed by atoms with Gasteiger partial charge in [-0.1, -0.05) is 6.07 Å². The molecule has 0 aliphatic heterocycles. The number of benzene rings is 1. The van der Waals surface area contributed by atoms with E-state index in [4.69, 9.17) is 0 Å². The fourth-order valence-corrected chi connectivity index (χ4v) is 3.98. The lowest BCUT2D eigenvalue weighted by Crippen LogP contribution is -2.18. The minimum absolute atomic E-state index is 0.110. The number of halogens is 1. The maximum absolute atomic E-state index is 11.8. The average molecular weight is 375 g/mol. The molecular formula is C13H15BrN2O2S2. The summed E-state index contributed by atoms with van der Waals surface area (Å²) in [5.74, 6) is 0. The molecule has 0 fully saturated rings. The Morgan fingerprint density at radius 2 is 2.05 bits per heavy atom. The van der Waals surface area contributed by atoms with Crippen LogP contribution < -0.4 is 10.0 Å². The van der Waals surface area contributed by atoms with Gasteiger partial charge in [-0.15, -0.1) is 11.3 Å². The van der Waals surface area contributed by atoms with Crippen LogP contribution in [-0.2, 0) is 10.0 Å². The van der Waals surface area contributed by atoms with Gasteiger partial charge in [0.05, 0.1) is 10.9 Å². The van der Waals surface area contributed by atoms with Crippen molar-refractivity contribution < 1.29 is 8.42 Å². The third-order valence-corrected chi connectivity index (χ3v) is 6.10. The van der Waals surface area contributed by atoms with Crippen LogP contribution in [0.15, 0.2) is 45.1 Å². The van der Waals surface area contributed by atoms with E-state index in [1.54, 1.807) is 29.5 Å². The summed E-state index contributed by atoms with van der Waals surface area (Å²) < 4.78 is 26.9. The highest BCUT2D eigenvalue weighted by molar-refractivity contribution is 9.10. The molecule has 0 bridgehead atoms. The molecule has 0 radical (unpaired) electrons. The number of anilines is 1. The summed E-state index contributed by atoms with van der Waals surface area (Å²) in [5, 5.41) is 5.33.